The van der Waals surface area contributed by atoms with E-state index in [2.05, 4.69) is 16.2 Å². The first-order valence-electron chi connectivity index (χ1n) is 6.10. The van der Waals surface area contributed by atoms with Crippen molar-refractivity contribution in [1.82, 2.24) is 4.98 Å². The SMILES string of the molecule is Cc1cc(SC2CCCCC2)ncc1/C=N\O. The first-order valence-corrected chi connectivity index (χ1v) is 6.98. The summed E-state index contributed by atoms with van der Waals surface area (Å²) in [5, 5.41) is 13.4. The Morgan fingerprint density at radius 1 is 1.41 bits per heavy atom. The highest BCUT2D eigenvalue weighted by Crippen LogP contribution is 2.32. The Labute approximate surface area is 106 Å². The van der Waals surface area contributed by atoms with Crippen molar-refractivity contribution < 1.29 is 5.21 Å². The van der Waals surface area contributed by atoms with Crippen LogP contribution in [-0.2, 0) is 0 Å². The fraction of sp³-hybridized carbons (Fsp3) is 0.538. The molecule has 0 unspecified atom stereocenters. The summed E-state index contributed by atoms with van der Waals surface area (Å²) >= 11 is 1.89. The first-order chi connectivity index (χ1) is 8.29. The van der Waals surface area contributed by atoms with E-state index in [0.29, 0.717) is 0 Å². The zero-order chi connectivity index (χ0) is 12.1. The molecule has 0 saturated heterocycles. The number of thioether (sulfide) groups is 1. The second-order valence-electron chi connectivity index (χ2n) is 4.50. The smallest absolute Gasteiger partial charge is 0.0965 e. The highest BCUT2D eigenvalue weighted by Gasteiger charge is 2.15. The largest absolute Gasteiger partial charge is 0.411 e. The van der Waals surface area contributed by atoms with Crippen LogP contribution in [0.4, 0.5) is 0 Å². The van der Waals surface area contributed by atoms with Crippen LogP contribution in [0.2, 0.25) is 0 Å². The van der Waals surface area contributed by atoms with Crippen LogP contribution < -0.4 is 0 Å². The van der Waals surface area contributed by atoms with Crippen molar-refractivity contribution in [2.24, 2.45) is 5.16 Å². The molecule has 1 fully saturated rings. The van der Waals surface area contributed by atoms with E-state index in [1.54, 1.807) is 6.20 Å². The van der Waals surface area contributed by atoms with Crippen molar-refractivity contribution in [1.29, 1.82) is 0 Å². The quantitative estimate of drug-likeness (QED) is 0.506. The molecule has 1 aromatic heterocycles. The molecule has 1 saturated carbocycles. The van der Waals surface area contributed by atoms with E-state index in [0.717, 1.165) is 21.4 Å². The van der Waals surface area contributed by atoms with Gasteiger partial charge >= 0.3 is 0 Å². The van der Waals surface area contributed by atoms with Gasteiger partial charge in [0.2, 0.25) is 0 Å². The van der Waals surface area contributed by atoms with Crippen molar-refractivity contribution in [3.05, 3.63) is 23.4 Å². The van der Waals surface area contributed by atoms with Gasteiger partial charge < -0.3 is 5.21 Å². The molecule has 3 nitrogen and oxygen atoms in total. The summed E-state index contributed by atoms with van der Waals surface area (Å²) in [4.78, 5) is 4.41. The Bertz CT molecular complexity index is 400. The minimum Gasteiger partial charge on any atom is -0.411 e. The van der Waals surface area contributed by atoms with Gasteiger partial charge in [0.25, 0.3) is 0 Å². The molecule has 2 rings (SSSR count). The average Bonchev–Trinajstić information content (AvgIpc) is 2.34. The molecule has 0 aromatic carbocycles. The highest BCUT2D eigenvalue weighted by atomic mass is 32.2. The molecule has 1 heterocycles. The lowest BCUT2D eigenvalue weighted by Crippen LogP contribution is -2.08. The number of aromatic nitrogens is 1. The predicted molar refractivity (Wildman–Crippen MR) is 71.1 cm³/mol. The maximum atomic E-state index is 8.51. The monoisotopic (exact) mass is 250 g/mol. The van der Waals surface area contributed by atoms with Gasteiger partial charge in [0, 0.05) is 17.0 Å². The number of hydrogen-bond acceptors (Lipinski definition) is 4. The van der Waals surface area contributed by atoms with Gasteiger partial charge in [-0.1, -0.05) is 24.4 Å². The molecule has 1 aliphatic carbocycles. The predicted octanol–water partition coefficient (Wildman–Crippen LogP) is 3.62. The van der Waals surface area contributed by atoms with Crippen LogP contribution in [0, 0.1) is 6.92 Å². The van der Waals surface area contributed by atoms with Crippen molar-refractivity contribution in [2.75, 3.05) is 0 Å². The summed E-state index contributed by atoms with van der Waals surface area (Å²) in [5.74, 6) is 0. The molecule has 0 amide bonds. The van der Waals surface area contributed by atoms with E-state index in [1.807, 2.05) is 18.7 Å². The van der Waals surface area contributed by atoms with Gasteiger partial charge in [-0.25, -0.2) is 4.98 Å². The molecule has 1 N–H and O–H groups in total. The third-order valence-electron chi connectivity index (χ3n) is 3.16. The molecule has 0 aliphatic heterocycles. The fourth-order valence-corrected chi connectivity index (χ4v) is 3.43. The molecule has 0 atom stereocenters. The number of nitrogens with zero attached hydrogens (tertiary/aromatic N) is 2. The van der Waals surface area contributed by atoms with Gasteiger partial charge in [0.15, 0.2) is 0 Å². The van der Waals surface area contributed by atoms with E-state index in [4.69, 9.17) is 5.21 Å². The molecule has 1 aromatic rings. The summed E-state index contributed by atoms with van der Waals surface area (Å²) in [7, 11) is 0. The lowest BCUT2D eigenvalue weighted by molar-refractivity contribution is 0.322. The first kappa shape index (κ1) is 12.4. The zero-order valence-corrected chi connectivity index (χ0v) is 10.9. The molecule has 0 spiro atoms. The average molecular weight is 250 g/mol. The summed E-state index contributed by atoms with van der Waals surface area (Å²) in [6, 6.07) is 2.08. The normalized spacial score (nSPS) is 17.7. The standard InChI is InChI=1S/C13H18N2OS/c1-10-7-13(14-8-11(10)9-15-16)17-12-5-3-2-4-6-12/h7-9,12,16H,2-6H2,1H3/b15-9-. The Kier molecular flexibility index (Phi) is 4.42. The zero-order valence-electron chi connectivity index (χ0n) is 10.1. The Hall–Kier alpha value is -1.03. The number of hydrogen-bond donors (Lipinski definition) is 1. The van der Waals surface area contributed by atoms with E-state index in [1.165, 1.54) is 38.3 Å². The number of oxime groups is 1. The fourth-order valence-electron chi connectivity index (χ4n) is 2.16. The lowest BCUT2D eigenvalue weighted by atomic mass is 10.0. The maximum Gasteiger partial charge on any atom is 0.0965 e. The molecule has 17 heavy (non-hydrogen) atoms. The lowest BCUT2D eigenvalue weighted by Gasteiger charge is -2.20. The summed E-state index contributed by atoms with van der Waals surface area (Å²) in [6.07, 6.45) is 9.92. The third-order valence-corrected chi connectivity index (χ3v) is 4.43. The summed E-state index contributed by atoms with van der Waals surface area (Å²) in [5.41, 5.74) is 1.98. The second-order valence-corrected chi connectivity index (χ2v) is 5.82. The van der Waals surface area contributed by atoms with Crippen LogP contribution in [0.3, 0.4) is 0 Å². The molecule has 1 aliphatic rings. The van der Waals surface area contributed by atoms with E-state index in [-0.39, 0.29) is 0 Å². The van der Waals surface area contributed by atoms with Gasteiger partial charge in [-0.2, -0.15) is 0 Å². The summed E-state index contributed by atoms with van der Waals surface area (Å²) in [6.45, 7) is 2.02. The third kappa shape index (κ3) is 3.46. The molecule has 0 bridgehead atoms. The van der Waals surface area contributed by atoms with Gasteiger partial charge in [0.1, 0.15) is 0 Å². The van der Waals surface area contributed by atoms with E-state index < -0.39 is 0 Å². The van der Waals surface area contributed by atoms with Crippen molar-refractivity contribution in [3.63, 3.8) is 0 Å². The van der Waals surface area contributed by atoms with Gasteiger partial charge in [-0.05, 0) is 31.4 Å². The topological polar surface area (TPSA) is 45.5 Å². The van der Waals surface area contributed by atoms with E-state index in [9.17, 15) is 0 Å². The number of pyridine rings is 1. The number of rotatable bonds is 3. The maximum absolute atomic E-state index is 8.51. The number of aryl methyl sites for hydroxylation is 1. The Morgan fingerprint density at radius 2 is 2.18 bits per heavy atom. The summed E-state index contributed by atoms with van der Waals surface area (Å²) < 4.78 is 0. The van der Waals surface area contributed by atoms with Crippen LogP contribution in [0.1, 0.15) is 43.2 Å². The van der Waals surface area contributed by atoms with Crippen LogP contribution >= 0.6 is 11.8 Å². The van der Waals surface area contributed by atoms with Crippen LogP contribution in [0.15, 0.2) is 22.4 Å². The van der Waals surface area contributed by atoms with Gasteiger partial charge in [0.05, 0.1) is 11.2 Å². The second kappa shape index (κ2) is 6.05. The molecular weight excluding hydrogens is 232 g/mol. The molecular formula is C13H18N2OS. The Morgan fingerprint density at radius 3 is 2.82 bits per heavy atom. The Balaban J connectivity index is 2.03. The van der Waals surface area contributed by atoms with Crippen LogP contribution in [-0.4, -0.2) is 21.7 Å². The highest BCUT2D eigenvalue weighted by molar-refractivity contribution is 7.99. The van der Waals surface area contributed by atoms with E-state index >= 15 is 0 Å². The molecule has 4 heteroatoms. The van der Waals surface area contributed by atoms with Crippen LogP contribution in [0.25, 0.3) is 0 Å². The van der Waals surface area contributed by atoms with Gasteiger partial charge in [-0.15, -0.1) is 11.8 Å². The minimum atomic E-state index is 0.730. The van der Waals surface area contributed by atoms with Crippen LogP contribution in [0.5, 0.6) is 0 Å². The minimum absolute atomic E-state index is 0.730. The van der Waals surface area contributed by atoms with Gasteiger partial charge in [-0.3, -0.25) is 0 Å². The van der Waals surface area contributed by atoms with Crippen molar-refractivity contribution in [3.8, 4) is 0 Å². The van der Waals surface area contributed by atoms with Crippen molar-refractivity contribution >= 4 is 18.0 Å². The van der Waals surface area contributed by atoms with Crippen molar-refractivity contribution in [2.45, 2.75) is 49.3 Å². The molecule has 92 valence electrons. The molecule has 0 radical (unpaired) electrons.